The zero-order chi connectivity index (χ0) is 6.69. The fourth-order valence-corrected chi connectivity index (χ4v) is 1.07. The third kappa shape index (κ3) is 2.21. The molecule has 1 atom stereocenters. The van der Waals surface area contributed by atoms with Crippen molar-refractivity contribution in [2.45, 2.75) is 39.5 Å². The van der Waals surface area contributed by atoms with Crippen LogP contribution in [-0.4, -0.2) is 0 Å². The van der Waals surface area contributed by atoms with Crippen LogP contribution in [0.3, 0.4) is 0 Å². The van der Waals surface area contributed by atoms with E-state index in [0.717, 1.165) is 5.92 Å². The highest BCUT2D eigenvalue weighted by Crippen LogP contribution is 2.36. The first-order valence-corrected chi connectivity index (χ1v) is 4.03. The Bertz CT molecular complexity index is 111. The molecule has 0 spiro atoms. The van der Waals surface area contributed by atoms with Gasteiger partial charge in [0.2, 0.25) is 0 Å². The maximum absolute atomic E-state index is 2.42. The van der Waals surface area contributed by atoms with Gasteiger partial charge in [0.1, 0.15) is 0 Å². The van der Waals surface area contributed by atoms with Crippen molar-refractivity contribution in [3.8, 4) is 0 Å². The third-order valence-corrected chi connectivity index (χ3v) is 1.98. The molecule has 1 aliphatic rings. The van der Waals surface area contributed by atoms with Gasteiger partial charge in [-0.05, 0) is 18.8 Å². The third-order valence-electron chi connectivity index (χ3n) is 1.98. The van der Waals surface area contributed by atoms with E-state index in [4.69, 9.17) is 0 Å². The lowest BCUT2D eigenvalue weighted by Crippen LogP contribution is -1.66. The Morgan fingerprint density at radius 3 is 2.78 bits per heavy atom. The number of rotatable bonds is 3. The summed E-state index contributed by atoms with van der Waals surface area (Å²) in [7, 11) is 0. The van der Waals surface area contributed by atoms with Gasteiger partial charge in [-0.25, -0.2) is 0 Å². The topological polar surface area (TPSA) is 0 Å². The van der Waals surface area contributed by atoms with Gasteiger partial charge in [-0.3, -0.25) is 0 Å². The molecule has 0 aromatic heterocycles. The summed E-state index contributed by atoms with van der Waals surface area (Å²) >= 11 is 0. The largest absolute Gasteiger partial charge is 0.0850 e. The van der Waals surface area contributed by atoms with Crippen LogP contribution in [0.2, 0.25) is 0 Å². The molecule has 0 saturated heterocycles. The van der Waals surface area contributed by atoms with Crippen LogP contribution in [-0.2, 0) is 0 Å². The standard InChI is InChI=1S/C9H16/c1-3-4-5-6-9-7-8(9)2/h6,8H,3-5,7H2,1-2H3/b9-6+/t8-/m0/s1. The molecule has 9 heavy (non-hydrogen) atoms. The van der Waals surface area contributed by atoms with Crippen molar-refractivity contribution in [1.29, 1.82) is 0 Å². The molecule has 0 aromatic carbocycles. The molecule has 1 saturated carbocycles. The van der Waals surface area contributed by atoms with Crippen LogP contribution in [0, 0.1) is 5.92 Å². The maximum atomic E-state index is 2.42. The summed E-state index contributed by atoms with van der Waals surface area (Å²) in [5, 5.41) is 0. The maximum Gasteiger partial charge on any atom is -0.0194 e. The average Bonchev–Trinajstić information content (AvgIpc) is 2.48. The van der Waals surface area contributed by atoms with Crippen LogP contribution in [0.15, 0.2) is 11.6 Å². The summed E-state index contributed by atoms with van der Waals surface area (Å²) in [6.45, 7) is 4.55. The summed E-state index contributed by atoms with van der Waals surface area (Å²) in [6.07, 6.45) is 7.82. The average molecular weight is 124 g/mol. The number of allylic oxidation sites excluding steroid dienone is 2. The zero-order valence-electron chi connectivity index (χ0n) is 6.48. The molecule has 0 radical (unpaired) electrons. The summed E-state index contributed by atoms with van der Waals surface area (Å²) < 4.78 is 0. The second kappa shape index (κ2) is 3.05. The molecule has 0 heteroatoms. The predicted octanol–water partition coefficient (Wildman–Crippen LogP) is 3.14. The molecule has 0 nitrogen and oxygen atoms in total. The molecule has 0 heterocycles. The first-order valence-electron chi connectivity index (χ1n) is 4.03. The molecule has 1 rings (SSSR count). The highest BCUT2D eigenvalue weighted by Gasteiger charge is 2.22. The SMILES string of the molecule is CCCC/C=C1\C[C@@H]1C. The second-order valence-corrected chi connectivity index (χ2v) is 3.03. The van der Waals surface area contributed by atoms with Crippen LogP contribution < -0.4 is 0 Å². The van der Waals surface area contributed by atoms with E-state index in [9.17, 15) is 0 Å². The smallest absolute Gasteiger partial charge is 0.0194 e. The fourth-order valence-electron chi connectivity index (χ4n) is 1.07. The first kappa shape index (κ1) is 6.85. The molecule has 0 unspecified atom stereocenters. The Morgan fingerprint density at radius 2 is 2.33 bits per heavy atom. The minimum Gasteiger partial charge on any atom is -0.0850 e. The molecule has 1 fully saturated rings. The van der Waals surface area contributed by atoms with Crippen LogP contribution in [0.4, 0.5) is 0 Å². The quantitative estimate of drug-likeness (QED) is 0.400. The Morgan fingerprint density at radius 1 is 1.67 bits per heavy atom. The highest BCUT2D eigenvalue weighted by atomic mass is 14.3. The van der Waals surface area contributed by atoms with Gasteiger partial charge in [0.15, 0.2) is 0 Å². The second-order valence-electron chi connectivity index (χ2n) is 3.03. The molecule has 0 aromatic rings. The first-order chi connectivity index (χ1) is 4.34. The van der Waals surface area contributed by atoms with E-state index in [1.165, 1.54) is 25.7 Å². The van der Waals surface area contributed by atoms with Crippen molar-refractivity contribution in [3.05, 3.63) is 11.6 Å². The lowest BCUT2D eigenvalue weighted by Gasteiger charge is -1.85. The highest BCUT2D eigenvalue weighted by molar-refractivity contribution is 5.21. The van der Waals surface area contributed by atoms with Gasteiger partial charge in [-0.1, -0.05) is 38.3 Å². The molecular formula is C9H16. The predicted molar refractivity (Wildman–Crippen MR) is 41.4 cm³/mol. The Balaban J connectivity index is 2.04. The molecule has 1 aliphatic carbocycles. The summed E-state index contributed by atoms with van der Waals surface area (Å²) in [5.74, 6) is 0.932. The minimum absolute atomic E-state index is 0.932. The summed E-state index contributed by atoms with van der Waals surface area (Å²) in [5.41, 5.74) is 1.70. The van der Waals surface area contributed by atoms with Gasteiger partial charge in [-0.15, -0.1) is 0 Å². The number of hydrogen-bond donors (Lipinski definition) is 0. The van der Waals surface area contributed by atoms with Crippen LogP contribution in [0.1, 0.15) is 39.5 Å². The normalized spacial score (nSPS) is 29.1. The molecule has 0 N–H and O–H groups in total. The van der Waals surface area contributed by atoms with E-state index in [2.05, 4.69) is 19.9 Å². The molecule has 0 amide bonds. The van der Waals surface area contributed by atoms with Crippen molar-refractivity contribution < 1.29 is 0 Å². The van der Waals surface area contributed by atoms with E-state index < -0.39 is 0 Å². The van der Waals surface area contributed by atoms with Crippen molar-refractivity contribution in [3.63, 3.8) is 0 Å². The van der Waals surface area contributed by atoms with Crippen LogP contribution in [0.5, 0.6) is 0 Å². The molecular weight excluding hydrogens is 108 g/mol. The number of unbranched alkanes of at least 4 members (excludes halogenated alkanes) is 2. The van der Waals surface area contributed by atoms with E-state index >= 15 is 0 Å². The zero-order valence-corrected chi connectivity index (χ0v) is 6.48. The van der Waals surface area contributed by atoms with E-state index in [-0.39, 0.29) is 0 Å². The van der Waals surface area contributed by atoms with Crippen molar-refractivity contribution in [2.24, 2.45) is 5.92 Å². The van der Waals surface area contributed by atoms with Crippen molar-refractivity contribution >= 4 is 0 Å². The van der Waals surface area contributed by atoms with E-state index in [1.807, 2.05) is 0 Å². The summed E-state index contributed by atoms with van der Waals surface area (Å²) in [6, 6.07) is 0. The molecule has 0 aliphatic heterocycles. The van der Waals surface area contributed by atoms with Gasteiger partial charge in [0, 0.05) is 0 Å². The Labute approximate surface area is 58.0 Å². The van der Waals surface area contributed by atoms with Gasteiger partial charge in [-0.2, -0.15) is 0 Å². The van der Waals surface area contributed by atoms with Gasteiger partial charge in [0.05, 0.1) is 0 Å². The number of hydrogen-bond acceptors (Lipinski definition) is 0. The lowest BCUT2D eigenvalue weighted by atomic mass is 10.2. The minimum atomic E-state index is 0.932. The van der Waals surface area contributed by atoms with Crippen LogP contribution in [0.25, 0.3) is 0 Å². The van der Waals surface area contributed by atoms with Crippen molar-refractivity contribution in [1.82, 2.24) is 0 Å². The van der Waals surface area contributed by atoms with Gasteiger partial charge in [0.25, 0.3) is 0 Å². The van der Waals surface area contributed by atoms with Crippen LogP contribution >= 0.6 is 0 Å². The molecule has 52 valence electrons. The summed E-state index contributed by atoms with van der Waals surface area (Å²) in [4.78, 5) is 0. The van der Waals surface area contributed by atoms with Crippen molar-refractivity contribution in [2.75, 3.05) is 0 Å². The molecule has 0 bridgehead atoms. The van der Waals surface area contributed by atoms with Gasteiger partial charge >= 0.3 is 0 Å². The van der Waals surface area contributed by atoms with E-state index in [1.54, 1.807) is 5.57 Å². The van der Waals surface area contributed by atoms with Gasteiger partial charge < -0.3 is 0 Å². The Kier molecular flexibility index (Phi) is 2.32. The Hall–Kier alpha value is -0.260. The lowest BCUT2D eigenvalue weighted by molar-refractivity contribution is 0.812. The van der Waals surface area contributed by atoms with E-state index in [0.29, 0.717) is 0 Å². The monoisotopic (exact) mass is 124 g/mol. The fraction of sp³-hybridized carbons (Fsp3) is 0.778.